The highest BCUT2D eigenvalue weighted by molar-refractivity contribution is 5.69. The molecule has 11 heavy (non-hydrogen) atoms. The minimum absolute atomic E-state index is 0.216. The van der Waals surface area contributed by atoms with E-state index in [0.717, 1.165) is 0 Å². The fraction of sp³-hybridized carbons (Fsp3) is 0.750. The lowest BCUT2D eigenvalue weighted by Gasteiger charge is -2.29. The summed E-state index contributed by atoms with van der Waals surface area (Å²) in [5, 5.41) is 13.7. The molecule has 0 aliphatic carbocycles. The van der Waals surface area contributed by atoms with Gasteiger partial charge in [-0.2, -0.15) is 18.3 Å². The zero-order valence-corrected chi connectivity index (χ0v) is 5.31. The van der Waals surface area contributed by atoms with Crippen LogP contribution in [-0.2, 0) is 0 Å². The summed E-state index contributed by atoms with van der Waals surface area (Å²) in [6.45, 7) is -0.216. The number of alkyl halides is 3. The molecule has 0 amide bonds. The fourth-order valence-electron chi connectivity index (χ4n) is 0.578. The molecule has 1 rings (SSSR count). The van der Waals surface area contributed by atoms with Crippen LogP contribution in [0.5, 0.6) is 0 Å². The summed E-state index contributed by atoms with van der Waals surface area (Å²) in [6.07, 6.45) is -4.37. The molecule has 1 heterocycles. The van der Waals surface area contributed by atoms with Gasteiger partial charge in [-0.1, -0.05) is 0 Å². The van der Waals surface area contributed by atoms with E-state index in [9.17, 15) is 13.2 Å². The zero-order valence-electron chi connectivity index (χ0n) is 5.31. The second-order valence-electron chi connectivity index (χ2n) is 2.03. The topological polar surface area (TPSA) is 56.7 Å². The first-order valence-electron chi connectivity index (χ1n) is 2.77. The lowest BCUT2D eigenvalue weighted by Crippen LogP contribution is -2.62. The van der Waals surface area contributed by atoms with Gasteiger partial charge >= 0.3 is 6.18 Å². The molecule has 1 aliphatic heterocycles. The Morgan fingerprint density at radius 3 is 2.45 bits per heavy atom. The van der Waals surface area contributed by atoms with Crippen LogP contribution in [0.2, 0.25) is 0 Å². The van der Waals surface area contributed by atoms with E-state index >= 15 is 0 Å². The van der Waals surface area contributed by atoms with Crippen LogP contribution in [0.4, 0.5) is 13.2 Å². The van der Waals surface area contributed by atoms with Crippen LogP contribution in [0, 0.1) is 0 Å². The van der Waals surface area contributed by atoms with Gasteiger partial charge in [0.15, 0.2) is 0 Å². The highest BCUT2D eigenvalue weighted by Crippen LogP contribution is 2.26. The lowest BCUT2D eigenvalue weighted by molar-refractivity contribution is -0.241. The molecule has 64 valence electrons. The van der Waals surface area contributed by atoms with Gasteiger partial charge in [0.2, 0.25) is 0 Å². The number of hydrogen-bond donors (Lipinski definition) is 3. The van der Waals surface area contributed by atoms with Crippen molar-refractivity contribution in [1.82, 2.24) is 10.7 Å². The van der Waals surface area contributed by atoms with Crippen LogP contribution in [-0.4, -0.2) is 29.9 Å². The molecule has 7 heteroatoms. The Balaban J connectivity index is 2.80. The van der Waals surface area contributed by atoms with Crippen molar-refractivity contribution in [1.29, 1.82) is 0 Å². The van der Waals surface area contributed by atoms with Crippen molar-refractivity contribution >= 4 is 6.21 Å². The number of rotatable bonds is 0. The molecule has 0 aromatic rings. The Morgan fingerprint density at radius 1 is 1.55 bits per heavy atom. The van der Waals surface area contributed by atoms with Gasteiger partial charge in [0.05, 0.1) is 12.9 Å². The molecule has 0 bridgehead atoms. The van der Waals surface area contributed by atoms with Gasteiger partial charge in [-0.15, -0.1) is 0 Å². The van der Waals surface area contributed by atoms with Gasteiger partial charge < -0.3 is 5.11 Å². The van der Waals surface area contributed by atoms with Gasteiger partial charge in [-0.25, -0.2) is 0 Å². The molecule has 1 atom stereocenters. The van der Waals surface area contributed by atoms with Crippen LogP contribution in [0.3, 0.4) is 0 Å². The van der Waals surface area contributed by atoms with E-state index in [2.05, 4.69) is 10.5 Å². The van der Waals surface area contributed by atoms with Crippen molar-refractivity contribution in [3.8, 4) is 0 Å². The summed E-state index contributed by atoms with van der Waals surface area (Å²) in [6, 6.07) is 0. The first-order valence-corrected chi connectivity index (χ1v) is 2.77. The monoisotopic (exact) mass is 169 g/mol. The number of hydrazone groups is 1. The molecular formula is C4H6F3N3O. The molecule has 0 saturated carbocycles. The molecule has 1 unspecified atom stereocenters. The summed E-state index contributed by atoms with van der Waals surface area (Å²) < 4.78 is 35.7. The Bertz CT molecular complexity index is 180. The Morgan fingerprint density at radius 2 is 2.18 bits per heavy atom. The second-order valence-corrected chi connectivity index (χ2v) is 2.03. The van der Waals surface area contributed by atoms with E-state index < -0.39 is 11.9 Å². The molecule has 0 aromatic carbocycles. The van der Waals surface area contributed by atoms with Gasteiger partial charge in [-0.05, 0) is 0 Å². The maximum atomic E-state index is 11.9. The third-order valence-corrected chi connectivity index (χ3v) is 1.21. The molecular weight excluding hydrogens is 163 g/mol. The minimum atomic E-state index is -4.74. The SMILES string of the molecule is OC1(C(F)(F)F)C=NNCN1. The lowest BCUT2D eigenvalue weighted by atomic mass is 10.2. The third kappa shape index (κ3) is 1.43. The third-order valence-electron chi connectivity index (χ3n) is 1.21. The summed E-state index contributed by atoms with van der Waals surface area (Å²) in [5.41, 5.74) is -0.778. The highest BCUT2D eigenvalue weighted by atomic mass is 19.4. The van der Waals surface area contributed by atoms with Gasteiger partial charge in [0.1, 0.15) is 0 Å². The predicted octanol–water partition coefficient (Wildman–Crippen LogP) is -0.627. The minimum Gasteiger partial charge on any atom is -0.363 e. The van der Waals surface area contributed by atoms with Crippen molar-refractivity contribution < 1.29 is 18.3 Å². The first-order chi connectivity index (χ1) is 4.96. The quantitative estimate of drug-likeness (QED) is 0.452. The van der Waals surface area contributed by atoms with E-state index in [0.29, 0.717) is 6.21 Å². The Kier molecular flexibility index (Phi) is 1.77. The number of hydrogen-bond acceptors (Lipinski definition) is 4. The van der Waals surface area contributed by atoms with Crippen molar-refractivity contribution in [2.45, 2.75) is 11.9 Å². The number of nitrogens with zero attached hydrogens (tertiary/aromatic N) is 1. The normalized spacial score (nSPS) is 31.6. The summed E-state index contributed by atoms with van der Waals surface area (Å²) >= 11 is 0. The maximum Gasteiger partial charge on any atom is 0.436 e. The number of halogens is 3. The van der Waals surface area contributed by atoms with E-state index in [4.69, 9.17) is 5.11 Å². The maximum absolute atomic E-state index is 11.9. The fourth-order valence-corrected chi connectivity index (χ4v) is 0.578. The molecule has 0 fully saturated rings. The number of nitrogens with one attached hydrogen (secondary N) is 2. The largest absolute Gasteiger partial charge is 0.436 e. The highest BCUT2D eigenvalue weighted by Gasteiger charge is 2.53. The molecule has 1 aliphatic rings. The van der Waals surface area contributed by atoms with Gasteiger partial charge in [-0.3, -0.25) is 10.7 Å². The second kappa shape index (κ2) is 2.35. The summed E-state index contributed by atoms with van der Waals surface area (Å²) in [4.78, 5) is 0. The van der Waals surface area contributed by atoms with Crippen LogP contribution in [0.15, 0.2) is 5.10 Å². The van der Waals surface area contributed by atoms with Crippen LogP contribution in [0.1, 0.15) is 0 Å². The molecule has 4 nitrogen and oxygen atoms in total. The predicted molar refractivity (Wildman–Crippen MR) is 30.6 cm³/mol. The number of aliphatic hydroxyl groups is 1. The standard InChI is InChI=1S/C4H6F3N3O/c5-4(6,7)3(11)1-9-10-2-8-3/h1,8,10-11H,2H2. The average molecular weight is 169 g/mol. The molecule has 0 spiro atoms. The van der Waals surface area contributed by atoms with Gasteiger partial charge in [0, 0.05) is 0 Å². The Hall–Kier alpha value is -0.820. The molecule has 0 saturated heterocycles. The van der Waals surface area contributed by atoms with E-state index in [1.807, 2.05) is 0 Å². The zero-order chi connectivity index (χ0) is 8.54. The van der Waals surface area contributed by atoms with Crippen molar-refractivity contribution in [3.05, 3.63) is 0 Å². The van der Waals surface area contributed by atoms with E-state index in [1.165, 1.54) is 0 Å². The van der Waals surface area contributed by atoms with E-state index in [1.54, 1.807) is 5.32 Å². The summed E-state index contributed by atoms with van der Waals surface area (Å²) in [7, 11) is 0. The average Bonchev–Trinajstić information content (AvgIpc) is 1.87. The molecule has 0 radical (unpaired) electrons. The van der Waals surface area contributed by atoms with E-state index in [-0.39, 0.29) is 6.67 Å². The first kappa shape index (κ1) is 8.28. The van der Waals surface area contributed by atoms with Crippen molar-refractivity contribution in [2.24, 2.45) is 5.10 Å². The molecule has 3 N–H and O–H groups in total. The van der Waals surface area contributed by atoms with Crippen LogP contribution >= 0.6 is 0 Å². The van der Waals surface area contributed by atoms with Crippen LogP contribution in [0.25, 0.3) is 0 Å². The van der Waals surface area contributed by atoms with Crippen molar-refractivity contribution in [2.75, 3.05) is 6.67 Å². The smallest absolute Gasteiger partial charge is 0.363 e. The Labute approximate surface area is 60.1 Å². The van der Waals surface area contributed by atoms with Crippen molar-refractivity contribution in [3.63, 3.8) is 0 Å². The summed E-state index contributed by atoms with van der Waals surface area (Å²) in [5.74, 6) is 0. The van der Waals surface area contributed by atoms with Gasteiger partial charge in [0.25, 0.3) is 5.72 Å². The molecule has 0 aromatic heterocycles. The van der Waals surface area contributed by atoms with Crippen LogP contribution < -0.4 is 10.7 Å².